The van der Waals surface area contributed by atoms with Gasteiger partial charge in [0.2, 0.25) is 0 Å². The summed E-state index contributed by atoms with van der Waals surface area (Å²) in [4.78, 5) is 20.5. The number of nitrogens with zero attached hydrogens (tertiary/aromatic N) is 1. The molecule has 1 aromatic rings. The van der Waals surface area contributed by atoms with Gasteiger partial charge in [-0.25, -0.2) is 10.8 Å². The third kappa shape index (κ3) is 4.67. The lowest BCUT2D eigenvalue weighted by Crippen LogP contribution is -2.26. The van der Waals surface area contributed by atoms with Crippen molar-refractivity contribution in [3.05, 3.63) is 16.1 Å². The SMILES string of the molecule is Cc1ncsc1CCOCCC(=O)ONN. The van der Waals surface area contributed by atoms with E-state index in [1.54, 1.807) is 11.3 Å². The Balaban J connectivity index is 2.04. The number of rotatable bonds is 7. The fourth-order valence-corrected chi connectivity index (χ4v) is 1.87. The van der Waals surface area contributed by atoms with Crippen molar-refractivity contribution in [2.45, 2.75) is 19.8 Å². The number of carbonyl (C=O) groups is 1. The number of carbonyl (C=O) groups excluding carboxylic acids is 1. The zero-order valence-electron chi connectivity index (χ0n) is 9.06. The molecule has 0 spiro atoms. The maximum absolute atomic E-state index is 10.8. The quantitative estimate of drug-likeness (QED) is 0.409. The Hall–Kier alpha value is -1.02. The average molecular weight is 245 g/mol. The number of thiazole rings is 1. The first-order valence-corrected chi connectivity index (χ1v) is 5.74. The average Bonchev–Trinajstić information content (AvgIpc) is 2.64. The first kappa shape index (κ1) is 13.0. The molecule has 16 heavy (non-hydrogen) atoms. The van der Waals surface area contributed by atoms with Gasteiger partial charge in [-0.15, -0.1) is 11.3 Å². The highest BCUT2D eigenvalue weighted by atomic mass is 32.1. The molecule has 0 aromatic carbocycles. The van der Waals surface area contributed by atoms with Crippen LogP contribution < -0.4 is 11.4 Å². The Morgan fingerprint density at radius 2 is 2.44 bits per heavy atom. The zero-order chi connectivity index (χ0) is 11.8. The van der Waals surface area contributed by atoms with Crippen molar-refractivity contribution < 1.29 is 14.4 Å². The molecule has 0 amide bonds. The predicted octanol–water partition coefficient (Wildman–Crippen LogP) is 0.322. The van der Waals surface area contributed by atoms with Crippen LogP contribution in [0.1, 0.15) is 17.0 Å². The maximum atomic E-state index is 10.8. The monoisotopic (exact) mass is 245 g/mol. The number of aromatic nitrogens is 1. The summed E-state index contributed by atoms with van der Waals surface area (Å²) in [5.74, 6) is 4.37. The topological polar surface area (TPSA) is 86.5 Å². The van der Waals surface area contributed by atoms with Crippen LogP contribution in [0.15, 0.2) is 5.51 Å². The summed E-state index contributed by atoms with van der Waals surface area (Å²) in [6.45, 7) is 2.88. The highest BCUT2D eigenvalue weighted by Gasteiger charge is 2.03. The van der Waals surface area contributed by atoms with Crippen LogP contribution in [-0.4, -0.2) is 24.2 Å². The third-order valence-corrected chi connectivity index (χ3v) is 2.94. The molecular formula is C9H15N3O3S. The molecule has 0 saturated heterocycles. The molecule has 90 valence electrons. The van der Waals surface area contributed by atoms with Gasteiger partial charge in [0.25, 0.3) is 0 Å². The van der Waals surface area contributed by atoms with Crippen molar-refractivity contribution >= 4 is 17.3 Å². The fraction of sp³-hybridized carbons (Fsp3) is 0.556. The molecule has 0 aliphatic rings. The molecule has 1 rings (SSSR count). The van der Waals surface area contributed by atoms with Crippen molar-refractivity contribution in [2.24, 2.45) is 5.84 Å². The molecule has 3 N–H and O–H groups in total. The summed E-state index contributed by atoms with van der Waals surface area (Å²) in [5.41, 5.74) is 4.68. The molecular weight excluding hydrogens is 230 g/mol. The normalized spacial score (nSPS) is 10.4. The third-order valence-electron chi connectivity index (χ3n) is 1.94. The minimum atomic E-state index is -0.434. The minimum Gasteiger partial charge on any atom is -0.380 e. The van der Waals surface area contributed by atoms with E-state index in [-0.39, 0.29) is 6.42 Å². The van der Waals surface area contributed by atoms with Crippen LogP contribution in [0.2, 0.25) is 0 Å². The van der Waals surface area contributed by atoms with Gasteiger partial charge in [-0.3, -0.25) is 4.79 Å². The van der Waals surface area contributed by atoms with Gasteiger partial charge in [0.05, 0.1) is 30.8 Å². The van der Waals surface area contributed by atoms with Crippen molar-refractivity contribution in [3.8, 4) is 0 Å². The molecule has 0 atom stereocenters. The zero-order valence-corrected chi connectivity index (χ0v) is 9.88. The van der Waals surface area contributed by atoms with Gasteiger partial charge in [-0.2, -0.15) is 0 Å². The second kappa shape index (κ2) is 7.29. The van der Waals surface area contributed by atoms with Gasteiger partial charge in [0, 0.05) is 11.3 Å². The summed E-state index contributed by atoms with van der Waals surface area (Å²) in [7, 11) is 0. The second-order valence-electron chi connectivity index (χ2n) is 3.07. The van der Waals surface area contributed by atoms with Crippen LogP contribution >= 0.6 is 11.3 Å². The van der Waals surface area contributed by atoms with Gasteiger partial charge in [0.15, 0.2) is 0 Å². The lowest BCUT2D eigenvalue weighted by molar-refractivity contribution is -0.152. The molecule has 1 heterocycles. The number of nitrogens with one attached hydrogen (secondary N) is 1. The smallest absolute Gasteiger partial charge is 0.328 e. The van der Waals surface area contributed by atoms with E-state index in [2.05, 4.69) is 9.82 Å². The predicted molar refractivity (Wildman–Crippen MR) is 59.4 cm³/mol. The van der Waals surface area contributed by atoms with E-state index in [1.807, 2.05) is 18.0 Å². The van der Waals surface area contributed by atoms with Crippen LogP contribution in [-0.2, 0) is 20.8 Å². The van der Waals surface area contributed by atoms with E-state index in [0.717, 1.165) is 12.1 Å². The van der Waals surface area contributed by atoms with Crippen LogP contribution in [0.5, 0.6) is 0 Å². The molecule has 0 aliphatic heterocycles. The molecule has 6 nitrogen and oxygen atoms in total. The number of aryl methyl sites for hydroxylation is 1. The summed E-state index contributed by atoms with van der Waals surface area (Å²) in [6, 6.07) is 0. The maximum Gasteiger partial charge on any atom is 0.328 e. The number of ether oxygens (including phenoxy) is 1. The van der Waals surface area contributed by atoms with E-state index >= 15 is 0 Å². The Kier molecular flexibility index (Phi) is 5.94. The van der Waals surface area contributed by atoms with Gasteiger partial charge >= 0.3 is 5.97 Å². The van der Waals surface area contributed by atoms with Crippen LogP contribution in [0.4, 0.5) is 0 Å². The Morgan fingerprint density at radius 1 is 1.62 bits per heavy atom. The molecule has 7 heteroatoms. The fourth-order valence-electron chi connectivity index (χ4n) is 1.11. The molecule has 1 aromatic heterocycles. The highest BCUT2D eigenvalue weighted by Crippen LogP contribution is 2.12. The number of nitrogens with two attached hydrogens (primary N) is 1. The summed E-state index contributed by atoms with van der Waals surface area (Å²) in [6.07, 6.45) is 1.01. The van der Waals surface area contributed by atoms with Crippen molar-refractivity contribution in [3.63, 3.8) is 0 Å². The first-order valence-electron chi connectivity index (χ1n) is 4.86. The standard InChI is InChI=1S/C9H15N3O3S/c1-7-8(16-6-11-7)2-4-14-5-3-9(13)15-12-10/h6,12H,2-5,10H2,1H3. The molecule has 0 radical (unpaired) electrons. The van der Waals surface area contributed by atoms with Gasteiger partial charge < -0.3 is 9.57 Å². The van der Waals surface area contributed by atoms with Gasteiger partial charge in [-0.1, -0.05) is 5.59 Å². The van der Waals surface area contributed by atoms with Crippen LogP contribution in [0.25, 0.3) is 0 Å². The van der Waals surface area contributed by atoms with Crippen molar-refractivity contribution in [1.82, 2.24) is 10.6 Å². The number of hydrogen-bond donors (Lipinski definition) is 2. The van der Waals surface area contributed by atoms with E-state index in [1.165, 1.54) is 4.88 Å². The second-order valence-corrected chi connectivity index (χ2v) is 4.00. The van der Waals surface area contributed by atoms with Crippen LogP contribution in [0, 0.1) is 6.92 Å². The Bertz CT molecular complexity index is 330. The summed E-state index contributed by atoms with van der Waals surface area (Å²) in [5, 5.41) is 0. The largest absolute Gasteiger partial charge is 0.380 e. The highest BCUT2D eigenvalue weighted by molar-refractivity contribution is 7.09. The first-order chi connectivity index (χ1) is 7.74. The molecule has 0 saturated carbocycles. The Morgan fingerprint density at radius 3 is 3.06 bits per heavy atom. The molecule has 0 fully saturated rings. The summed E-state index contributed by atoms with van der Waals surface area (Å²) >= 11 is 1.61. The van der Waals surface area contributed by atoms with E-state index < -0.39 is 5.97 Å². The van der Waals surface area contributed by atoms with E-state index in [9.17, 15) is 4.79 Å². The van der Waals surface area contributed by atoms with Crippen molar-refractivity contribution in [2.75, 3.05) is 13.2 Å². The van der Waals surface area contributed by atoms with Crippen LogP contribution in [0.3, 0.4) is 0 Å². The lowest BCUT2D eigenvalue weighted by Gasteiger charge is -2.03. The minimum absolute atomic E-state index is 0.186. The van der Waals surface area contributed by atoms with Gasteiger partial charge in [-0.05, 0) is 6.92 Å². The molecule has 0 aliphatic carbocycles. The molecule has 0 unspecified atom stereocenters. The van der Waals surface area contributed by atoms with E-state index in [4.69, 9.17) is 10.6 Å². The van der Waals surface area contributed by atoms with Gasteiger partial charge in [0.1, 0.15) is 0 Å². The number of hydrazine groups is 1. The summed E-state index contributed by atoms with van der Waals surface area (Å²) < 4.78 is 5.29. The van der Waals surface area contributed by atoms with E-state index in [0.29, 0.717) is 13.2 Å². The van der Waals surface area contributed by atoms with Crippen molar-refractivity contribution in [1.29, 1.82) is 0 Å². The molecule has 0 bridgehead atoms. The lowest BCUT2D eigenvalue weighted by atomic mass is 10.3. The Labute approximate surface area is 97.7 Å². The number of hydrogen-bond acceptors (Lipinski definition) is 7.